The van der Waals surface area contributed by atoms with Crippen LogP contribution in [0.3, 0.4) is 0 Å². The van der Waals surface area contributed by atoms with Gasteiger partial charge in [0.1, 0.15) is 17.0 Å². The highest BCUT2D eigenvalue weighted by Crippen LogP contribution is 2.40. The van der Waals surface area contributed by atoms with Gasteiger partial charge in [0, 0.05) is 24.0 Å². The van der Waals surface area contributed by atoms with Crippen molar-refractivity contribution >= 4 is 33.3 Å². The van der Waals surface area contributed by atoms with Crippen LogP contribution in [0, 0.1) is 19.8 Å². The van der Waals surface area contributed by atoms with Crippen LogP contribution >= 0.6 is 11.3 Å². The van der Waals surface area contributed by atoms with E-state index in [9.17, 15) is 4.79 Å². The maximum atomic E-state index is 12.3. The SMILES string of the molecule is CCOC(=O)C1CCCN(c2ncnc3scc(-c4ccc(C)cc4C)c23)C1. The van der Waals surface area contributed by atoms with E-state index in [1.807, 2.05) is 6.92 Å². The van der Waals surface area contributed by atoms with Crippen LogP contribution in [0.15, 0.2) is 29.9 Å². The molecule has 1 fully saturated rings. The maximum Gasteiger partial charge on any atom is 0.310 e. The van der Waals surface area contributed by atoms with E-state index < -0.39 is 0 Å². The molecule has 1 atom stereocenters. The van der Waals surface area contributed by atoms with Gasteiger partial charge in [-0.05, 0) is 44.7 Å². The molecule has 28 heavy (non-hydrogen) atoms. The van der Waals surface area contributed by atoms with Crippen molar-refractivity contribution in [2.75, 3.05) is 24.6 Å². The van der Waals surface area contributed by atoms with E-state index in [1.54, 1.807) is 17.7 Å². The predicted molar refractivity (Wildman–Crippen MR) is 114 cm³/mol. The third-order valence-corrected chi connectivity index (χ3v) is 6.25. The highest BCUT2D eigenvalue weighted by atomic mass is 32.1. The minimum Gasteiger partial charge on any atom is -0.466 e. The van der Waals surface area contributed by atoms with E-state index in [2.05, 4.69) is 52.3 Å². The second-order valence-corrected chi connectivity index (χ2v) is 8.24. The number of carbonyl (C=O) groups excluding carboxylic acids is 1. The summed E-state index contributed by atoms with van der Waals surface area (Å²) in [7, 11) is 0. The summed E-state index contributed by atoms with van der Waals surface area (Å²) in [5.41, 5.74) is 4.89. The molecule has 6 heteroatoms. The topological polar surface area (TPSA) is 55.3 Å². The number of aromatic nitrogens is 2. The summed E-state index contributed by atoms with van der Waals surface area (Å²) in [5.74, 6) is 0.731. The molecular formula is C22H25N3O2S. The number of anilines is 1. The van der Waals surface area contributed by atoms with E-state index in [-0.39, 0.29) is 11.9 Å². The van der Waals surface area contributed by atoms with Gasteiger partial charge in [-0.1, -0.05) is 23.8 Å². The zero-order valence-corrected chi connectivity index (χ0v) is 17.4. The molecule has 1 aromatic carbocycles. The molecule has 0 bridgehead atoms. The number of thiophene rings is 1. The van der Waals surface area contributed by atoms with E-state index in [0.29, 0.717) is 13.2 Å². The first-order valence-corrected chi connectivity index (χ1v) is 10.7. The molecule has 146 valence electrons. The van der Waals surface area contributed by atoms with E-state index >= 15 is 0 Å². The highest BCUT2D eigenvalue weighted by molar-refractivity contribution is 7.17. The second-order valence-electron chi connectivity index (χ2n) is 7.38. The Labute approximate surface area is 169 Å². The number of ether oxygens (including phenoxy) is 1. The van der Waals surface area contributed by atoms with E-state index in [1.165, 1.54) is 22.3 Å². The smallest absolute Gasteiger partial charge is 0.310 e. The van der Waals surface area contributed by atoms with Gasteiger partial charge in [-0.25, -0.2) is 9.97 Å². The molecule has 1 saturated heterocycles. The first kappa shape index (κ1) is 18.9. The molecule has 0 spiro atoms. The number of rotatable bonds is 4. The Morgan fingerprint density at radius 3 is 2.93 bits per heavy atom. The van der Waals surface area contributed by atoms with Crippen LogP contribution in [0.1, 0.15) is 30.9 Å². The first-order valence-electron chi connectivity index (χ1n) is 9.80. The molecule has 0 aliphatic carbocycles. The van der Waals surface area contributed by atoms with Crippen LogP contribution in [0.25, 0.3) is 21.3 Å². The molecule has 0 radical (unpaired) electrons. The van der Waals surface area contributed by atoms with Crippen LogP contribution in [0.4, 0.5) is 5.82 Å². The van der Waals surface area contributed by atoms with Crippen LogP contribution in [-0.4, -0.2) is 35.6 Å². The Balaban J connectivity index is 1.76. The molecule has 0 amide bonds. The van der Waals surface area contributed by atoms with Crippen molar-refractivity contribution in [2.24, 2.45) is 5.92 Å². The Bertz CT molecular complexity index is 1010. The van der Waals surface area contributed by atoms with E-state index in [0.717, 1.165) is 35.4 Å². The molecule has 1 aliphatic rings. The Hall–Kier alpha value is -2.47. The number of hydrogen-bond donors (Lipinski definition) is 0. The summed E-state index contributed by atoms with van der Waals surface area (Å²) >= 11 is 1.65. The molecule has 1 aliphatic heterocycles. The lowest BCUT2D eigenvalue weighted by Crippen LogP contribution is -2.40. The minimum atomic E-state index is -0.0996. The number of nitrogens with zero attached hydrogens (tertiary/aromatic N) is 3. The molecular weight excluding hydrogens is 370 g/mol. The molecule has 5 nitrogen and oxygen atoms in total. The number of piperidine rings is 1. The van der Waals surface area contributed by atoms with Gasteiger partial charge in [0.2, 0.25) is 0 Å². The fourth-order valence-corrected chi connectivity index (χ4v) is 4.94. The molecule has 1 unspecified atom stereocenters. The molecule has 2 aromatic heterocycles. The Morgan fingerprint density at radius 1 is 1.29 bits per heavy atom. The quantitative estimate of drug-likeness (QED) is 0.597. The van der Waals surface area contributed by atoms with Crippen molar-refractivity contribution in [1.29, 1.82) is 0 Å². The van der Waals surface area contributed by atoms with Crippen molar-refractivity contribution in [3.63, 3.8) is 0 Å². The van der Waals surface area contributed by atoms with Gasteiger partial charge in [-0.15, -0.1) is 11.3 Å². The average Bonchev–Trinajstić information content (AvgIpc) is 3.12. The number of aryl methyl sites for hydroxylation is 2. The number of esters is 1. The van der Waals surface area contributed by atoms with Gasteiger partial charge in [0.05, 0.1) is 17.9 Å². The zero-order chi connectivity index (χ0) is 19.7. The van der Waals surface area contributed by atoms with Crippen molar-refractivity contribution in [3.05, 3.63) is 41.0 Å². The van der Waals surface area contributed by atoms with Gasteiger partial charge >= 0.3 is 5.97 Å². The molecule has 3 aromatic rings. The van der Waals surface area contributed by atoms with Gasteiger partial charge in [0.15, 0.2) is 0 Å². The Morgan fingerprint density at radius 2 is 2.14 bits per heavy atom. The third kappa shape index (κ3) is 3.49. The normalized spacial score (nSPS) is 17.1. The van der Waals surface area contributed by atoms with Crippen molar-refractivity contribution in [1.82, 2.24) is 9.97 Å². The van der Waals surface area contributed by atoms with E-state index in [4.69, 9.17) is 4.74 Å². The largest absolute Gasteiger partial charge is 0.466 e. The summed E-state index contributed by atoms with van der Waals surface area (Å²) < 4.78 is 5.26. The van der Waals surface area contributed by atoms with Crippen LogP contribution in [0.5, 0.6) is 0 Å². The maximum absolute atomic E-state index is 12.3. The molecule has 0 N–H and O–H groups in total. The molecule has 3 heterocycles. The van der Waals surface area contributed by atoms with Gasteiger partial charge in [-0.2, -0.15) is 0 Å². The number of fused-ring (bicyclic) bond motifs is 1. The number of benzene rings is 1. The summed E-state index contributed by atoms with van der Waals surface area (Å²) in [5, 5.41) is 3.26. The van der Waals surface area contributed by atoms with Gasteiger partial charge < -0.3 is 9.64 Å². The van der Waals surface area contributed by atoms with Crippen molar-refractivity contribution < 1.29 is 9.53 Å². The zero-order valence-electron chi connectivity index (χ0n) is 16.6. The summed E-state index contributed by atoms with van der Waals surface area (Å²) in [6.45, 7) is 8.08. The lowest BCUT2D eigenvalue weighted by atomic mass is 9.96. The third-order valence-electron chi connectivity index (χ3n) is 5.36. The fourth-order valence-electron chi connectivity index (χ4n) is 4.04. The fraction of sp³-hybridized carbons (Fsp3) is 0.409. The minimum absolute atomic E-state index is 0.0955. The predicted octanol–water partition coefficient (Wildman–Crippen LogP) is 4.75. The summed E-state index contributed by atoms with van der Waals surface area (Å²) in [6.07, 6.45) is 3.46. The van der Waals surface area contributed by atoms with Crippen molar-refractivity contribution in [2.45, 2.75) is 33.6 Å². The Kier molecular flexibility index (Phi) is 5.31. The first-order chi connectivity index (χ1) is 13.6. The number of carbonyl (C=O) groups is 1. The second kappa shape index (κ2) is 7.87. The van der Waals surface area contributed by atoms with Crippen LogP contribution in [0.2, 0.25) is 0 Å². The number of hydrogen-bond acceptors (Lipinski definition) is 6. The van der Waals surface area contributed by atoms with Crippen LogP contribution < -0.4 is 4.90 Å². The standard InChI is InChI=1S/C22H25N3O2S/c1-4-27-22(26)16-6-5-9-25(11-16)20-19-18(12-28-21(19)24-13-23-20)17-8-7-14(2)10-15(17)3/h7-8,10,12-13,16H,4-6,9,11H2,1-3H3. The monoisotopic (exact) mass is 395 g/mol. The molecule has 0 saturated carbocycles. The van der Waals surface area contributed by atoms with Gasteiger partial charge in [-0.3, -0.25) is 4.79 Å². The van der Waals surface area contributed by atoms with Crippen molar-refractivity contribution in [3.8, 4) is 11.1 Å². The lowest BCUT2D eigenvalue weighted by molar-refractivity contribution is -0.148. The van der Waals surface area contributed by atoms with Crippen LogP contribution in [-0.2, 0) is 9.53 Å². The average molecular weight is 396 g/mol. The summed E-state index contributed by atoms with van der Waals surface area (Å²) in [4.78, 5) is 24.6. The van der Waals surface area contributed by atoms with Gasteiger partial charge in [0.25, 0.3) is 0 Å². The lowest BCUT2D eigenvalue weighted by Gasteiger charge is -2.32. The molecule has 4 rings (SSSR count). The highest BCUT2D eigenvalue weighted by Gasteiger charge is 2.29. The summed E-state index contributed by atoms with van der Waals surface area (Å²) in [6, 6.07) is 6.54.